The Morgan fingerprint density at radius 2 is 1.47 bits per heavy atom. The van der Waals surface area contributed by atoms with Crippen molar-refractivity contribution in [2.45, 2.75) is 18.7 Å². The van der Waals surface area contributed by atoms with Crippen molar-refractivity contribution in [2.75, 3.05) is 5.06 Å². The highest BCUT2D eigenvalue weighted by Crippen LogP contribution is 2.48. The first-order valence-electron chi connectivity index (χ1n) is 10.2. The van der Waals surface area contributed by atoms with Gasteiger partial charge in [0.15, 0.2) is 6.10 Å². The Morgan fingerprint density at radius 3 is 2.16 bits per heavy atom. The summed E-state index contributed by atoms with van der Waals surface area (Å²) in [6.45, 7) is 0.129. The quantitative estimate of drug-likeness (QED) is 0.349. The standard InChI is InChI=1S/C24H19N3O5/c28-23-20-21(18-13-7-8-14-19(18)27(30)31)26(17-11-5-2-6-12-17)32-22(20)24(29)25(23)15-16-9-3-1-4-10-16/h1-14,20-22H,15H2/t20-,21-,22-/m0/s1. The molecule has 0 saturated carbocycles. The van der Waals surface area contributed by atoms with E-state index in [2.05, 4.69) is 0 Å². The van der Waals surface area contributed by atoms with Gasteiger partial charge in [-0.3, -0.25) is 29.4 Å². The summed E-state index contributed by atoms with van der Waals surface area (Å²) in [5.41, 5.74) is 1.64. The summed E-state index contributed by atoms with van der Waals surface area (Å²) >= 11 is 0. The molecule has 0 unspecified atom stereocenters. The molecular formula is C24H19N3O5. The minimum Gasteiger partial charge on any atom is -0.275 e. The Kier molecular flexibility index (Phi) is 4.91. The molecule has 0 aromatic heterocycles. The number of nitro groups is 1. The Balaban J connectivity index is 1.58. The van der Waals surface area contributed by atoms with Crippen molar-refractivity contribution in [1.82, 2.24) is 4.90 Å². The second-order valence-electron chi connectivity index (χ2n) is 7.72. The maximum absolute atomic E-state index is 13.5. The van der Waals surface area contributed by atoms with Crippen LogP contribution in [0.3, 0.4) is 0 Å². The first-order valence-corrected chi connectivity index (χ1v) is 10.2. The monoisotopic (exact) mass is 429 g/mol. The van der Waals surface area contributed by atoms with Crippen LogP contribution >= 0.6 is 0 Å². The smallest absolute Gasteiger partial charge is 0.274 e. The van der Waals surface area contributed by atoms with Crippen LogP contribution in [0.5, 0.6) is 0 Å². The van der Waals surface area contributed by atoms with Gasteiger partial charge in [0, 0.05) is 6.07 Å². The molecule has 2 aliphatic heterocycles. The van der Waals surface area contributed by atoms with Gasteiger partial charge in [0.05, 0.1) is 22.7 Å². The molecule has 8 heteroatoms. The van der Waals surface area contributed by atoms with Crippen LogP contribution in [0.15, 0.2) is 84.9 Å². The average Bonchev–Trinajstić information content (AvgIpc) is 3.32. The van der Waals surface area contributed by atoms with E-state index in [0.29, 0.717) is 11.3 Å². The summed E-state index contributed by atoms with van der Waals surface area (Å²) in [7, 11) is 0. The first kappa shape index (κ1) is 19.9. The van der Waals surface area contributed by atoms with Crippen molar-refractivity contribution < 1.29 is 19.3 Å². The number of benzene rings is 3. The molecule has 160 valence electrons. The summed E-state index contributed by atoms with van der Waals surface area (Å²) in [5.74, 6) is -1.73. The Morgan fingerprint density at radius 1 is 0.844 bits per heavy atom. The normalized spacial score (nSPS) is 22.3. The number of nitrogens with zero attached hydrogens (tertiary/aromatic N) is 3. The van der Waals surface area contributed by atoms with Crippen LogP contribution in [-0.2, 0) is 21.0 Å². The van der Waals surface area contributed by atoms with Gasteiger partial charge in [0.25, 0.3) is 11.6 Å². The molecule has 2 heterocycles. The van der Waals surface area contributed by atoms with E-state index in [-0.39, 0.29) is 12.2 Å². The van der Waals surface area contributed by atoms with Crippen LogP contribution in [0.4, 0.5) is 11.4 Å². The molecule has 3 aromatic carbocycles. The SMILES string of the molecule is O=C1[C@@H]2[C@H](ON(c3ccccc3)[C@H]2c2ccccc2[N+](=O)[O-])C(=O)N1Cc1ccccc1. The van der Waals surface area contributed by atoms with Gasteiger partial charge in [0.2, 0.25) is 5.91 Å². The van der Waals surface area contributed by atoms with Crippen LogP contribution < -0.4 is 5.06 Å². The third-order valence-electron chi connectivity index (χ3n) is 5.85. The number of likely N-dealkylation sites (tertiary alicyclic amines) is 1. The number of para-hydroxylation sites is 2. The average molecular weight is 429 g/mol. The maximum atomic E-state index is 13.5. The minimum atomic E-state index is -1.05. The number of anilines is 1. The van der Waals surface area contributed by atoms with Crippen molar-refractivity contribution >= 4 is 23.2 Å². The fourth-order valence-electron chi connectivity index (χ4n) is 4.41. The molecule has 0 N–H and O–H groups in total. The molecule has 2 amide bonds. The zero-order valence-corrected chi connectivity index (χ0v) is 16.9. The van der Waals surface area contributed by atoms with Crippen LogP contribution in [0, 0.1) is 16.0 Å². The highest BCUT2D eigenvalue weighted by Gasteiger charge is 2.60. The number of hydrogen-bond donors (Lipinski definition) is 0. The lowest BCUT2D eigenvalue weighted by Gasteiger charge is -2.28. The molecule has 8 nitrogen and oxygen atoms in total. The second-order valence-corrected chi connectivity index (χ2v) is 7.72. The maximum Gasteiger partial charge on any atom is 0.274 e. The van der Waals surface area contributed by atoms with Gasteiger partial charge in [-0.25, -0.2) is 5.06 Å². The number of imide groups is 1. The van der Waals surface area contributed by atoms with Crippen LogP contribution in [0.25, 0.3) is 0 Å². The van der Waals surface area contributed by atoms with Crippen molar-refractivity contribution in [1.29, 1.82) is 0 Å². The fraction of sp³-hybridized carbons (Fsp3) is 0.167. The van der Waals surface area contributed by atoms with Crippen LogP contribution in [0.2, 0.25) is 0 Å². The van der Waals surface area contributed by atoms with Gasteiger partial charge in [0.1, 0.15) is 12.0 Å². The zero-order chi connectivity index (χ0) is 22.2. The lowest BCUT2D eigenvalue weighted by Crippen LogP contribution is -2.37. The molecule has 2 saturated heterocycles. The Hall–Kier alpha value is -4.04. The largest absolute Gasteiger partial charge is 0.275 e. The molecular weight excluding hydrogens is 410 g/mol. The molecule has 0 aliphatic carbocycles. The van der Waals surface area contributed by atoms with E-state index in [4.69, 9.17) is 4.84 Å². The Labute approximate surface area is 183 Å². The minimum absolute atomic E-state index is 0.121. The van der Waals surface area contributed by atoms with Crippen LogP contribution in [-0.4, -0.2) is 27.7 Å². The van der Waals surface area contributed by atoms with E-state index < -0.39 is 34.8 Å². The lowest BCUT2D eigenvalue weighted by molar-refractivity contribution is -0.385. The second kappa shape index (κ2) is 7.90. The number of rotatable bonds is 5. The van der Waals surface area contributed by atoms with Crippen molar-refractivity contribution in [3.8, 4) is 0 Å². The number of carbonyl (C=O) groups is 2. The molecule has 0 bridgehead atoms. The first-order chi connectivity index (χ1) is 15.6. The molecule has 3 atom stereocenters. The molecule has 0 radical (unpaired) electrons. The molecule has 3 aromatic rings. The molecule has 0 spiro atoms. The summed E-state index contributed by atoms with van der Waals surface area (Å²) in [5, 5.41) is 13.2. The van der Waals surface area contributed by atoms with Gasteiger partial charge >= 0.3 is 0 Å². The van der Waals surface area contributed by atoms with E-state index in [1.165, 1.54) is 16.0 Å². The van der Waals surface area contributed by atoms with Gasteiger partial charge in [-0.1, -0.05) is 60.7 Å². The molecule has 2 aliphatic rings. The van der Waals surface area contributed by atoms with Gasteiger partial charge < -0.3 is 0 Å². The third kappa shape index (κ3) is 3.21. The van der Waals surface area contributed by atoms with Gasteiger partial charge in [-0.2, -0.15) is 0 Å². The summed E-state index contributed by atoms with van der Waals surface area (Å²) < 4.78 is 0. The summed E-state index contributed by atoms with van der Waals surface area (Å²) in [6, 6.07) is 23.6. The van der Waals surface area contributed by atoms with E-state index in [0.717, 1.165) is 5.56 Å². The third-order valence-corrected chi connectivity index (χ3v) is 5.85. The fourth-order valence-corrected chi connectivity index (χ4v) is 4.41. The Bertz CT molecular complexity index is 1180. The molecule has 32 heavy (non-hydrogen) atoms. The van der Waals surface area contributed by atoms with Gasteiger partial charge in [-0.15, -0.1) is 0 Å². The molecule has 2 fully saturated rings. The zero-order valence-electron chi connectivity index (χ0n) is 16.9. The van der Waals surface area contributed by atoms with E-state index in [1.807, 2.05) is 36.4 Å². The number of hydroxylamine groups is 1. The topological polar surface area (TPSA) is 93.0 Å². The predicted octanol–water partition coefficient (Wildman–Crippen LogP) is 3.64. The van der Waals surface area contributed by atoms with E-state index in [9.17, 15) is 19.7 Å². The highest BCUT2D eigenvalue weighted by atomic mass is 16.7. The lowest BCUT2D eigenvalue weighted by atomic mass is 9.89. The predicted molar refractivity (Wildman–Crippen MR) is 115 cm³/mol. The van der Waals surface area contributed by atoms with Crippen molar-refractivity contribution in [2.24, 2.45) is 5.92 Å². The number of hydrogen-bond acceptors (Lipinski definition) is 6. The molecule has 5 rings (SSSR count). The summed E-state index contributed by atoms with van der Waals surface area (Å²) in [4.78, 5) is 45.1. The van der Waals surface area contributed by atoms with Crippen molar-refractivity contribution in [3.05, 3.63) is 106 Å². The van der Waals surface area contributed by atoms with Crippen molar-refractivity contribution in [3.63, 3.8) is 0 Å². The summed E-state index contributed by atoms with van der Waals surface area (Å²) in [6.07, 6.45) is -1.05. The highest BCUT2D eigenvalue weighted by molar-refractivity contribution is 6.07. The van der Waals surface area contributed by atoms with E-state index in [1.54, 1.807) is 42.5 Å². The van der Waals surface area contributed by atoms with Crippen LogP contribution in [0.1, 0.15) is 17.2 Å². The number of amides is 2. The number of carbonyl (C=O) groups excluding carboxylic acids is 2. The number of nitro benzene ring substituents is 1. The number of fused-ring (bicyclic) bond motifs is 1. The van der Waals surface area contributed by atoms with E-state index >= 15 is 0 Å². The van der Waals surface area contributed by atoms with Gasteiger partial charge in [-0.05, 0) is 23.8 Å².